The Morgan fingerprint density at radius 1 is 1.10 bits per heavy atom. The number of rotatable bonds is 5. The molecule has 2 aromatic carbocycles. The van der Waals surface area contributed by atoms with Gasteiger partial charge in [0.1, 0.15) is 0 Å². The average Bonchev–Trinajstić information content (AvgIpc) is 2.48. The van der Waals surface area contributed by atoms with Crippen molar-refractivity contribution in [2.75, 3.05) is 11.9 Å². The van der Waals surface area contributed by atoms with Crippen LogP contribution in [0.25, 0.3) is 0 Å². The van der Waals surface area contributed by atoms with E-state index in [4.69, 9.17) is 5.73 Å². The lowest BCUT2D eigenvalue weighted by Crippen LogP contribution is -2.23. The minimum absolute atomic E-state index is 0.464. The molecule has 0 atom stereocenters. The van der Waals surface area contributed by atoms with Crippen molar-refractivity contribution in [1.29, 1.82) is 0 Å². The van der Waals surface area contributed by atoms with Crippen LogP contribution in [0.15, 0.2) is 53.5 Å². The molecule has 0 aromatic heterocycles. The van der Waals surface area contributed by atoms with Gasteiger partial charge in [0.2, 0.25) is 0 Å². The highest BCUT2D eigenvalue weighted by Gasteiger charge is 1.96. The molecule has 0 heterocycles. The molecule has 3 nitrogen and oxygen atoms in total. The van der Waals surface area contributed by atoms with Gasteiger partial charge in [-0.15, -0.1) is 0 Å². The Balaban J connectivity index is 1.85. The van der Waals surface area contributed by atoms with E-state index in [1.165, 1.54) is 16.7 Å². The van der Waals surface area contributed by atoms with Crippen molar-refractivity contribution >= 4 is 11.6 Å². The Morgan fingerprint density at radius 2 is 1.81 bits per heavy atom. The Kier molecular flexibility index (Phi) is 5.38. The van der Waals surface area contributed by atoms with Gasteiger partial charge in [0, 0.05) is 12.2 Å². The van der Waals surface area contributed by atoms with Crippen LogP contribution in [0.1, 0.15) is 23.6 Å². The summed E-state index contributed by atoms with van der Waals surface area (Å²) in [6.07, 6.45) is 1.98. The third-order valence-electron chi connectivity index (χ3n) is 3.40. The Hall–Kier alpha value is -2.29. The molecule has 0 aliphatic rings. The van der Waals surface area contributed by atoms with E-state index in [1.807, 2.05) is 18.2 Å². The first-order chi connectivity index (χ1) is 10.2. The second-order valence-electron chi connectivity index (χ2n) is 5.18. The quantitative estimate of drug-likeness (QED) is 0.650. The molecule has 0 unspecified atom stereocenters. The van der Waals surface area contributed by atoms with Gasteiger partial charge in [-0.2, -0.15) is 0 Å². The van der Waals surface area contributed by atoms with Gasteiger partial charge in [-0.25, -0.2) is 0 Å². The van der Waals surface area contributed by atoms with Crippen LogP contribution in [0.4, 0.5) is 5.69 Å². The van der Waals surface area contributed by atoms with Crippen LogP contribution in [0.3, 0.4) is 0 Å². The van der Waals surface area contributed by atoms with Gasteiger partial charge < -0.3 is 11.1 Å². The molecule has 0 amide bonds. The zero-order valence-corrected chi connectivity index (χ0v) is 12.8. The van der Waals surface area contributed by atoms with Crippen LogP contribution < -0.4 is 11.1 Å². The van der Waals surface area contributed by atoms with Gasteiger partial charge in [-0.1, -0.05) is 43.3 Å². The number of aryl methyl sites for hydroxylation is 2. The van der Waals surface area contributed by atoms with Gasteiger partial charge in [0.15, 0.2) is 5.96 Å². The maximum atomic E-state index is 5.90. The van der Waals surface area contributed by atoms with E-state index in [2.05, 4.69) is 54.5 Å². The highest BCUT2D eigenvalue weighted by molar-refractivity contribution is 5.92. The number of hydrogen-bond acceptors (Lipinski definition) is 1. The number of guanidine groups is 1. The first-order valence-corrected chi connectivity index (χ1v) is 7.39. The summed E-state index contributed by atoms with van der Waals surface area (Å²) in [6.45, 7) is 4.91. The van der Waals surface area contributed by atoms with Crippen LogP contribution in [0.2, 0.25) is 0 Å². The minimum atomic E-state index is 0.464. The number of nitrogens with two attached hydrogens (primary N) is 1. The molecular formula is C18H23N3. The van der Waals surface area contributed by atoms with E-state index in [0.29, 0.717) is 12.5 Å². The predicted octanol–water partition coefficient (Wildman–Crippen LogP) is 3.53. The molecule has 0 aliphatic heterocycles. The number of hydrogen-bond donors (Lipinski definition) is 2. The molecule has 0 aliphatic carbocycles. The van der Waals surface area contributed by atoms with Crippen molar-refractivity contribution in [3.63, 3.8) is 0 Å². The lowest BCUT2D eigenvalue weighted by Gasteiger charge is -2.06. The molecule has 3 heteroatoms. The van der Waals surface area contributed by atoms with Gasteiger partial charge in [-0.3, -0.25) is 4.99 Å². The highest BCUT2D eigenvalue weighted by Crippen LogP contribution is 2.09. The van der Waals surface area contributed by atoms with E-state index in [0.717, 1.165) is 18.5 Å². The standard InChI is InChI=1S/C18H23N3/c1-3-15-7-9-16(10-8-15)11-12-20-18(19)21-17-6-4-5-14(2)13-17/h4-10,13H,3,11-12H2,1-2H3,(H3,19,20,21). The maximum Gasteiger partial charge on any atom is 0.193 e. The van der Waals surface area contributed by atoms with Gasteiger partial charge in [0.05, 0.1) is 0 Å². The first kappa shape index (κ1) is 15.1. The molecule has 2 aromatic rings. The van der Waals surface area contributed by atoms with Crippen molar-refractivity contribution in [1.82, 2.24) is 0 Å². The Labute approximate surface area is 126 Å². The zero-order valence-electron chi connectivity index (χ0n) is 12.8. The molecule has 0 saturated heterocycles. The molecule has 0 saturated carbocycles. The molecule has 2 rings (SSSR count). The Morgan fingerprint density at radius 3 is 2.48 bits per heavy atom. The van der Waals surface area contributed by atoms with Gasteiger partial charge >= 0.3 is 0 Å². The summed E-state index contributed by atoms with van der Waals surface area (Å²) in [5.74, 6) is 0.464. The van der Waals surface area contributed by atoms with E-state index in [1.54, 1.807) is 0 Å². The van der Waals surface area contributed by atoms with Crippen molar-refractivity contribution in [3.05, 3.63) is 65.2 Å². The summed E-state index contributed by atoms with van der Waals surface area (Å²) in [7, 11) is 0. The fourth-order valence-electron chi connectivity index (χ4n) is 2.16. The number of nitrogens with zero attached hydrogens (tertiary/aromatic N) is 1. The molecule has 3 N–H and O–H groups in total. The summed E-state index contributed by atoms with van der Waals surface area (Å²) in [6, 6.07) is 16.8. The van der Waals surface area contributed by atoms with Crippen LogP contribution in [0, 0.1) is 6.92 Å². The van der Waals surface area contributed by atoms with Gasteiger partial charge in [0.25, 0.3) is 0 Å². The fraction of sp³-hybridized carbons (Fsp3) is 0.278. The summed E-state index contributed by atoms with van der Waals surface area (Å²) in [5.41, 5.74) is 10.7. The second-order valence-corrected chi connectivity index (χ2v) is 5.18. The van der Waals surface area contributed by atoms with Crippen molar-refractivity contribution in [2.45, 2.75) is 26.7 Å². The monoisotopic (exact) mass is 281 g/mol. The number of aliphatic imine (C=N–C) groups is 1. The highest BCUT2D eigenvalue weighted by atomic mass is 15.1. The first-order valence-electron chi connectivity index (χ1n) is 7.39. The van der Waals surface area contributed by atoms with Crippen LogP contribution in [0.5, 0.6) is 0 Å². The third kappa shape index (κ3) is 4.95. The zero-order chi connectivity index (χ0) is 15.1. The summed E-state index contributed by atoms with van der Waals surface area (Å²) < 4.78 is 0. The largest absolute Gasteiger partial charge is 0.370 e. The lowest BCUT2D eigenvalue weighted by atomic mass is 10.1. The number of benzene rings is 2. The molecule has 0 bridgehead atoms. The smallest absolute Gasteiger partial charge is 0.193 e. The van der Waals surface area contributed by atoms with E-state index < -0.39 is 0 Å². The Bertz CT molecular complexity index is 600. The van der Waals surface area contributed by atoms with Crippen molar-refractivity contribution in [2.24, 2.45) is 10.7 Å². The minimum Gasteiger partial charge on any atom is -0.370 e. The molecule has 110 valence electrons. The maximum absolute atomic E-state index is 5.90. The summed E-state index contributed by atoms with van der Waals surface area (Å²) in [5, 5.41) is 3.11. The van der Waals surface area contributed by atoms with E-state index in [-0.39, 0.29) is 0 Å². The fourth-order valence-corrected chi connectivity index (χ4v) is 2.16. The molecule has 21 heavy (non-hydrogen) atoms. The van der Waals surface area contributed by atoms with Gasteiger partial charge in [-0.05, 0) is 48.6 Å². The SMILES string of the molecule is CCc1ccc(CCN=C(N)Nc2cccc(C)c2)cc1. The van der Waals surface area contributed by atoms with Crippen molar-refractivity contribution in [3.8, 4) is 0 Å². The summed E-state index contributed by atoms with van der Waals surface area (Å²) in [4.78, 5) is 4.37. The molecular weight excluding hydrogens is 258 g/mol. The lowest BCUT2D eigenvalue weighted by molar-refractivity contribution is 0.961. The normalized spacial score (nSPS) is 11.4. The summed E-state index contributed by atoms with van der Waals surface area (Å²) >= 11 is 0. The number of anilines is 1. The molecule has 0 fully saturated rings. The van der Waals surface area contributed by atoms with Crippen molar-refractivity contribution < 1.29 is 0 Å². The third-order valence-corrected chi connectivity index (χ3v) is 3.40. The number of nitrogens with one attached hydrogen (secondary N) is 1. The topological polar surface area (TPSA) is 50.4 Å². The average molecular weight is 281 g/mol. The van der Waals surface area contributed by atoms with Crippen LogP contribution >= 0.6 is 0 Å². The predicted molar refractivity (Wildman–Crippen MR) is 90.8 cm³/mol. The van der Waals surface area contributed by atoms with Crippen LogP contribution in [-0.2, 0) is 12.8 Å². The second kappa shape index (κ2) is 7.48. The van der Waals surface area contributed by atoms with E-state index in [9.17, 15) is 0 Å². The van der Waals surface area contributed by atoms with Crippen LogP contribution in [-0.4, -0.2) is 12.5 Å². The molecule has 0 spiro atoms. The molecule has 0 radical (unpaired) electrons. The van der Waals surface area contributed by atoms with E-state index >= 15 is 0 Å².